The molecular weight excluding hydrogens is 333 g/mol. The molecular formula is C18H21F3N2O2. The zero-order chi connectivity index (χ0) is 18.4. The molecule has 4 nitrogen and oxygen atoms in total. The van der Waals surface area contributed by atoms with Gasteiger partial charge in [0.2, 0.25) is 5.91 Å². The molecule has 0 heterocycles. The molecule has 2 N–H and O–H groups in total. The Labute approximate surface area is 144 Å². The predicted molar refractivity (Wildman–Crippen MR) is 88.7 cm³/mol. The number of anilines is 1. The molecule has 136 valence electrons. The first-order valence-electron chi connectivity index (χ1n) is 8.19. The maximum Gasteiger partial charge on any atom is 0.471 e. The smallest absolute Gasteiger partial charge is 0.348 e. The van der Waals surface area contributed by atoms with Crippen molar-refractivity contribution in [3.8, 4) is 0 Å². The van der Waals surface area contributed by atoms with E-state index in [0.717, 1.165) is 18.4 Å². The lowest BCUT2D eigenvalue weighted by molar-refractivity contribution is -0.167. The maximum atomic E-state index is 12.4. The summed E-state index contributed by atoms with van der Waals surface area (Å²) in [4.78, 5) is 23.1. The monoisotopic (exact) mass is 354 g/mol. The Balaban J connectivity index is 1.97. The second-order valence-corrected chi connectivity index (χ2v) is 6.20. The highest BCUT2D eigenvalue weighted by Crippen LogP contribution is 2.30. The standard InChI is InChI=1S/C18H21F3N2O2/c1-12(13-6-2-3-7-13)10-16(24)22-11-14-8-4-5-9-15(14)23-17(25)18(19,20)21/h4-5,8-10,13H,2-3,6-7,11H2,1H3,(H,22,24)(H,23,25)/b12-10+. The molecule has 2 amide bonds. The molecule has 0 bridgehead atoms. The zero-order valence-electron chi connectivity index (χ0n) is 14.0. The van der Waals surface area contributed by atoms with E-state index < -0.39 is 12.1 Å². The average Bonchev–Trinajstić information content (AvgIpc) is 3.07. The Kier molecular flexibility index (Phi) is 6.22. The van der Waals surface area contributed by atoms with Crippen LogP contribution in [0.25, 0.3) is 0 Å². The SMILES string of the molecule is C/C(=C\C(=O)NCc1ccccc1NC(=O)C(F)(F)F)C1CCCC1. The summed E-state index contributed by atoms with van der Waals surface area (Å²) in [5, 5.41) is 4.49. The lowest BCUT2D eigenvalue weighted by Gasteiger charge is -2.13. The molecule has 0 atom stereocenters. The molecule has 0 saturated heterocycles. The third-order valence-corrected chi connectivity index (χ3v) is 4.33. The number of alkyl halides is 3. The summed E-state index contributed by atoms with van der Waals surface area (Å²) < 4.78 is 37.1. The first-order chi connectivity index (χ1) is 11.8. The quantitative estimate of drug-likeness (QED) is 0.787. The molecule has 0 spiro atoms. The van der Waals surface area contributed by atoms with Gasteiger partial charge in [0.15, 0.2) is 0 Å². The summed E-state index contributed by atoms with van der Waals surface area (Å²) in [6.45, 7) is 1.95. The van der Waals surface area contributed by atoms with Gasteiger partial charge in [0.1, 0.15) is 0 Å². The Morgan fingerprint density at radius 3 is 2.48 bits per heavy atom. The van der Waals surface area contributed by atoms with Crippen molar-refractivity contribution in [2.24, 2.45) is 5.92 Å². The van der Waals surface area contributed by atoms with Gasteiger partial charge >= 0.3 is 12.1 Å². The van der Waals surface area contributed by atoms with Crippen LogP contribution in [0.1, 0.15) is 38.2 Å². The highest BCUT2D eigenvalue weighted by molar-refractivity contribution is 5.95. The molecule has 0 unspecified atom stereocenters. The van der Waals surface area contributed by atoms with Crippen LogP contribution in [0.3, 0.4) is 0 Å². The number of nitrogens with one attached hydrogen (secondary N) is 2. The van der Waals surface area contributed by atoms with Crippen molar-refractivity contribution in [2.45, 2.75) is 45.3 Å². The van der Waals surface area contributed by atoms with Crippen molar-refractivity contribution in [2.75, 3.05) is 5.32 Å². The molecule has 25 heavy (non-hydrogen) atoms. The molecule has 0 aliphatic heterocycles. The van der Waals surface area contributed by atoms with Crippen LogP contribution in [0, 0.1) is 5.92 Å². The number of allylic oxidation sites excluding steroid dienone is 1. The van der Waals surface area contributed by atoms with Gasteiger partial charge in [0, 0.05) is 18.3 Å². The van der Waals surface area contributed by atoms with Gasteiger partial charge in [-0.25, -0.2) is 0 Å². The summed E-state index contributed by atoms with van der Waals surface area (Å²) in [6, 6.07) is 6.07. The third-order valence-electron chi connectivity index (χ3n) is 4.33. The normalized spacial score (nSPS) is 15.9. The zero-order valence-corrected chi connectivity index (χ0v) is 14.0. The van der Waals surface area contributed by atoms with Gasteiger partial charge in [-0.1, -0.05) is 36.6 Å². The molecule has 1 saturated carbocycles. The topological polar surface area (TPSA) is 58.2 Å². The van der Waals surface area contributed by atoms with E-state index in [1.807, 2.05) is 12.2 Å². The summed E-state index contributed by atoms with van der Waals surface area (Å²) in [5.74, 6) is -1.89. The molecule has 1 aromatic rings. The van der Waals surface area contributed by atoms with E-state index in [0.29, 0.717) is 11.5 Å². The lowest BCUT2D eigenvalue weighted by Crippen LogP contribution is -2.31. The molecule has 1 fully saturated rings. The molecule has 1 aromatic carbocycles. The van der Waals surface area contributed by atoms with Crippen LogP contribution in [0.5, 0.6) is 0 Å². The number of carbonyl (C=O) groups excluding carboxylic acids is 2. The molecule has 0 radical (unpaired) electrons. The van der Waals surface area contributed by atoms with Gasteiger partial charge in [-0.2, -0.15) is 13.2 Å². The average molecular weight is 354 g/mol. The van der Waals surface area contributed by atoms with Crippen molar-refractivity contribution >= 4 is 17.5 Å². The number of hydrogen-bond donors (Lipinski definition) is 2. The van der Waals surface area contributed by atoms with E-state index in [9.17, 15) is 22.8 Å². The van der Waals surface area contributed by atoms with Crippen molar-refractivity contribution < 1.29 is 22.8 Å². The number of para-hydroxylation sites is 1. The summed E-state index contributed by atoms with van der Waals surface area (Å²) in [5.41, 5.74) is 1.45. The van der Waals surface area contributed by atoms with Crippen molar-refractivity contribution in [1.29, 1.82) is 0 Å². The minimum Gasteiger partial charge on any atom is -0.348 e. The van der Waals surface area contributed by atoms with E-state index in [1.165, 1.54) is 25.0 Å². The van der Waals surface area contributed by atoms with Gasteiger partial charge in [0.05, 0.1) is 0 Å². The number of hydrogen-bond acceptors (Lipinski definition) is 2. The predicted octanol–water partition coefficient (Wildman–Crippen LogP) is 3.94. The first kappa shape index (κ1) is 19.0. The van der Waals surface area contributed by atoms with E-state index in [2.05, 4.69) is 5.32 Å². The Morgan fingerprint density at radius 1 is 1.20 bits per heavy atom. The van der Waals surface area contributed by atoms with E-state index >= 15 is 0 Å². The fourth-order valence-corrected chi connectivity index (χ4v) is 2.93. The highest BCUT2D eigenvalue weighted by atomic mass is 19.4. The van der Waals surface area contributed by atoms with E-state index in [-0.39, 0.29) is 18.1 Å². The van der Waals surface area contributed by atoms with Crippen LogP contribution in [0.2, 0.25) is 0 Å². The second-order valence-electron chi connectivity index (χ2n) is 6.20. The molecule has 2 rings (SSSR count). The molecule has 7 heteroatoms. The number of benzene rings is 1. The summed E-state index contributed by atoms with van der Waals surface area (Å²) in [6.07, 6.45) is 1.10. The molecule has 0 aromatic heterocycles. The Morgan fingerprint density at radius 2 is 1.84 bits per heavy atom. The van der Waals surface area contributed by atoms with Crippen LogP contribution in [-0.2, 0) is 16.1 Å². The van der Waals surface area contributed by atoms with Gasteiger partial charge in [-0.3, -0.25) is 9.59 Å². The van der Waals surface area contributed by atoms with Gasteiger partial charge in [-0.15, -0.1) is 0 Å². The number of halogens is 3. The fraction of sp³-hybridized carbons (Fsp3) is 0.444. The van der Waals surface area contributed by atoms with Crippen LogP contribution in [0.15, 0.2) is 35.9 Å². The first-order valence-corrected chi connectivity index (χ1v) is 8.19. The minimum atomic E-state index is -4.96. The third kappa shape index (κ3) is 5.62. The van der Waals surface area contributed by atoms with Gasteiger partial charge < -0.3 is 10.6 Å². The fourth-order valence-electron chi connectivity index (χ4n) is 2.93. The van der Waals surface area contributed by atoms with Gasteiger partial charge in [0.25, 0.3) is 0 Å². The maximum absolute atomic E-state index is 12.4. The van der Waals surface area contributed by atoms with Crippen LogP contribution in [-0.4, -0.2) is 18.0 Å². The van der Waals surface area contributed by atoms with Crippen molar-refractivity contribution in [3.63, 3.8) is 0 Å². The number of rotatable bonds is 5. The largest absolute Gasteiger partial charge is 0.471 e. The summed E-state index contributed by atoms with van der Waals surface area (Å²) in [7, 11) is 0. The lowest BCUT2D eigenvalue weighted by atomic mass is 9.99. The van der Waals surface area contributed by atoms with E-state index in [1.54, 1.807) is 18.2 Å². The molecule has 1 aliphatic carbocycles. The van der Waals surface area contributed by atoms with Crippen molar-refractivity contribution in [1.82, 2.24) is 5.32 Å². The highest BCUT2D eigenvalue weighted by Gasteiger charge is 2.38. The second kappa shape index (κ2) is 8.18. The van der Waals surface area contributed by atoms with Crippen molar-refractivity contribution in [3.05, 3.63) is 41.5 Å². The summed E-state index contributed by atoms with van der Waals surface area (Å²) >= 11 is 0. The Bertz CT molecular complexity index is 663. The number of amides is 2. The minimum absolute atomic E-state index is 0.0293. The van der Waals surface area contributed by atoms with Crippen LogP contribution in [0.4, 0.5) is 18.9 Å². The molecule has 1 aliphatic rings. The number of carbonyl (C=O) groups is 2. The van der Waals surface area contributed by atoms with Crippen LogP contribution < -0.4 is 10.6 Å². The van der Waals surface area contributed by atoms with Crippen LogP contribution >= 0.6 is 0 Å². The Hall–Kier alpha value is -2.31. The van der Waals surface area contributed by atoms with E-state index in [4.69, 9.17) is 0 Å². The van der Waals surface area contributed by atoms with Gasteiger partial charge in [-0.05, 0) is 37.3 Å².